The van der Waals surface area contributed by atoms with Crippen LogP contribution in [0.15, 0.2) is 48.5 Å². The van der Waals surface area contributed by atoms with E-state index in [4.69, 9.17) is 0 Å². The molecule has 3 aliphatic rings. The van der Waals surface area contributed by atoms with Gasteiger partial charge in [0.05, 0.1) is 11.8 Å². The van der Waals surface area contributed by atoms with E-state index >= 15 is 0 Å². The van der Waals surface area contributed by atoms with Crippen LogP contribution in [0.1, 0.15) is 16.7 Å². The maximum atomic E-state index is 13.1. The average Bonchev–Trinajstić information content (AvgIpc) is 3.24. The van der Waals surface area contributed by atoms with Gasteiger partial charge < -0.3 is 5.32 Å². The Hall–Kier alpha value is -2.99. The second-order valence-electron chi connectivity index (χ2n) is 7.56. The minimum Gasteiger partial charge on any atom is -0.324 e. The Kier molecular flexibility index (Phi) is 3.30. The third kappa shape index (κ3) is 2.07. The number of carbonyl (C=O) groups excluding carboxylic acids is 3. The van der Waals surface area contributed by atoms with Crippen molar-refractivity contribution in [3.63, 3.8) is 0 Å². The lowest BCUT2D eigenvalue weighted by Gasteiger charge is -2.27. The monoisotopic (exact) mass is 361 g/mol. The fraction of sp³-hybridized carbons (Fsp3) is 0.286. The molecule has 2 aromatic carbocycles. The van der Waals surface area contributed by atoms with Crippen LogP contribution in [0.5, 0.6) is 0 Å². The fourth-order valence-corrected chi connectivity index (χ4v) is 4.94. The first-order valence-electron chi connectivity index (χ1n) is 9.10. The SMILES string of the molecule is Cc1cccc2c1NC(=O)[C@]21N[C@@H](Cc2ccccc2)[C@H]2C(=O)NC(=O)[C@H]21. The van der Waals surface area contributed by atoms with Crippen molar-refractivity contribution in [3.05, 3.63) is 65.2 Å². The highest BCUT2D eigenvalue weighted by Crippen LogP contribution is 2.52. The zero-order valence-corrected chi connectivity index (χ0v) is 14.8. The Morgan fingerprint density at radius 1 is 0.926 bits per heavy atom. The number of amides is 3. The van der Waals surface area contributed by atoms with E-state index in [1.54, 1.807) is 0 Å². The molecule has 0 aliphatic carbocycles. The van der Waals surface area contributed by atoms with E-state index in [-0.39, 0.29) is 23.8 Å². The molecule has 0 aromatic heterocycles. The summed E-state index contributed by atoms with van der Waals surface area (Å²) in [5, 5.41) is 8.81. The van der Waals surface area contributed by atoms with Gasteiger partial charge in [-0.3, -0.25) is 25.0 Å². The van der Waals surface area contributed by atoms with Crippen LogP contribution in [0.25, 0.3) is 0 Å². The van der Waals surface area contributed by atoms with Gasteiger partial charge in [-0.05, 0) is 24.5 Å². The molecule has 6 nitrogen and oxygen atoms in total. The van der Waals surface area contributed by atoms with E-state index in [2.05, 4.69) is 16.0 Å². The lowest BCUT2D eigenvalue weighted by atomic mass is 9.76. The summed E-state index contributed by atoms with van der Waals surface area (Å²) in [6.45, 7) is 1.92. The number of anilines is 1. The van der Waals surface area contributed by atoms with Crippen molar-refractivity contribution in [1.82, 2.24) is 10.6 Å². The van der Waals surface area contributed by atoms with Gasteiger partial charge in [0.1, 0.15) is 5.54 Å². The summed E-state index contributed by atoms with van der Waals surface area (Å²) in [5.41, 5.74) is 2.28. The molecule has 0 unspecified atom stereocenters. The van der Waals surface area contributed by atoms with Crippen LogP contribution >= 0.6 is 0 Å². The molecule has 3 aliphatic heterocycles. The summed E-state index contributed by atoms with van der Waals surface area (Å²) < 4.78 is 0. The summed E-state index contributed by atoms with van der Waals surface area (Å²) >= 11 is 0. The summed E-state index contributed by atoms with van der Waals surface area (Å²) in [4.78, 5) is 38.4. The van der Waals surface area contributed by atoms with Gasteiger partial charge in [-0.15, -0.1) is 0 Å². The minimum absolute atomic E-state index is 0.262. The van der Waals surface area contributed by atoms with Gasteiger partial charge in [-0.2, -0.15) is 0 Å². The molecule has 0 radical (unpaired) electrons. The Morgan fingerprint density at radius 3 is 2.48 bits per heavy atom. The van der Waals surface area contributed by atoms with Crippen molar-refractivity contribution in [1.29, 1.82) is 0 Å². The zero-order valence-electron chi connectivity index (χ0n) is 14.8. The van der Waals surface area contributed by atoms with Gasteiger partial charge in [0, 0.05) is 17.3 Å². The predicted molar refractivity (Wildman–Crippen MR) is 98.7 cm³/mol. The van der Waals surface area contributed by atoms with Crippen molar-refractivity contribution in [2.45, 2.75) is 24.9 Å². The molecule has 0 bridgehead atoms. The van der Waals surface area contributed by atoms with E-state index in [9.17, 15) is 14.4 Å². The van der Waals surface area contributed by atoms with E-state index in [0.717, 1.165) is 22.4 Å². The fourth-order valence-electron chi connectivity index (χ4n) is 4.94. The van der Waals surface area contributed by atoms with Gasteiger partial charge in [-0.1, -0.05) is 48.5 Å². The quantitative estimate of drug-likeness (QED) is 0.703. The molecule has 5 rings (SSSR count). The number of nitrogens with one attached hydrogen (secondary N) is 3. The maximum Gasteiger partial charge on any atom is 0.250 e. The standard InChI is InChI=1S/C21H19N3O3/c1-11-6-5-9-13-17(11)22-20(27)21(13)16-15(18(25)23-19(16)26)14(24-21)10-12-7-3-2-4-8-12/h2-9,14-16,24H,10H2,1H3,(H,22,27)(H,23,25,26)/t14-,15+,16-,21-/m0/s1. The van der Waals surface area contributed by atoms with Crippen molar-refractivity contribution < 1.29 is 14.4 Å². The topological polar surface area (TPSA) is 87.3 Å². The van der Waals surface area contributed by atoms with Gasteiger partial charge in [0.15, 0.2) is 0 Å². The molecule has 0 saturated carbocycles. The molecular weight excluding hydrogens is 342 g/mol. The molecule has 2 fully saturated rings. The van der Waals surface area contributed by atoms with Crippen LogP contribution in [0.3, 0.4) is 0 Å². The van der Waals surface area contributed by atoms with Crippen molar-refractivity contribution in [2.75, 3.05) is 5.32 Å². The van der Waals surface area contributed by atoms with E-state index in [1.165, 1.54) is 0 Å². The Labute approximate surface area is 156 Å². The smallest absolute Gasteiger partial charge is 0.250 e. The number of hydrogen-bond donors (Lipinski definition) is 3. The van der Waals surface area contributed by atoms with E-state index in [1.807, 2.05) is 55.5 Å². The number of aryl methyl sites for hydroxylation is 1. The predicted octanol–water partition coefficient (Wildman–Crippen LogP) is 1.25. The van der Waals surface area contributed by atoms with Crippen LogP contribution in [0.2, 0.25) is 0 Å². The molecule has 2 saturated heterocycles. The number of imide groups is 1. The summed E-state index contributed by atoms with van der Waals surface area (Å²) in [7, 11) is 0. The van der Waals surface area contributed by atoms with Gasteiger partial charge in [0.2, 0.25) is 17.7 Å². The van der Waals surface area contributed by atoms with E-state index in [0.29, 0.717) is 6.42 Å². The highest BCUT2D eigenvalue weighted by atomic mass is 16.2. The number of para-hydroxylation sites is 1. The summed E-state index contributed by atoms with van der Waals surface area (Å²) in [5.74, 6) is -2.26. The molecule has 6 heteroatoms. The number of fused-ring (bicyclic) bond motifs is 4. The van der Waals surface area contributed by atoms with Crippen LogP contribution in [-0.4, -0.2) is 23.8 Å². The lowest BCUT2D eigenvalue weighted by molar-refractivity contribution is -0.132. The molecule has 27 heavy (non-hydrogen) atoms. The maximum absolute atomic E-state index is 13.1. The third-order valence-corrected chi connectivity index (χ3v) is 6.10. The average molecular weight is 361 g/mol. The van der Waals surface area contributed by atoms with Gasteiger partial charge >= 0.3 is 0 Å². The van der Waals surface area contributed by atoms with Crippen molar-refractivity contribution in [3.8, 4) is 0 Å². The van der Waals surface area contributed by atoms with Crippen molar-refractivity contribution >= 4 is 23.4 Å². The molecule has 4 atom stereocenters. The second kappa shape index (κ2) is 5.50. The molecule has 3 heterocycles. The lowest BCUT2D eigenvalue weighted by Crippen LogP contribution is -2.53. The minimum atomic E-state index is -1.21. The number of rotatable bonds is 2. The van der Waals surface area contributed by atoms with Crippen LogP contribution < -0.4 is 16.0 Å². The Balaban J connectivity index is 1.64. The Bertz CT molecular complexity index is 987. The van der Waals surface area contributed by atoms with E-state index < -0.39 is 17.4 Å². The first-order valence-corrected chi connectivity index (χ1v) is 9.10. The molecule has 3 amide bonds. The summed E-state index contributed by atoms with van der Waals surface area (Å²) in [6.07, 6.45) is 0.568. The molecular formula is C21H19N3O3. The molecule has 2 aromatic rings. The van der Waals surface area contributed by atoms with Gasteiger partial charge in [-0.25, -0.2) is 0 Å². The second-order valence-corrected chi connectivity index (χ2v) is 7.56. The first kappa shape index (κ1) is 16.2. The zero-order chi connectivity index (χ0) is 18.8. The first-order chi connectivity index (χ1) is 13.0. The number of carbonyl (C=O) groups is 3. The largest absolute Gasteiger partial charge is 0.324 e. The third-order valence-electron chi connectivity index (χ3n) is 6.10. The normalized spacial score (nSPS) is 31.0. The summed E-state index contributed by atoms with van der Waals surface area (Å²) in [6, 6.07) is 15.2. The van der Waals surface area contributed by atoms with Crippen LogP contribution in [0.4, 0.5) is 5.69 Å². The van der Waals surface area contributed by atoms with Crippen LogP contribution in [0, 0.1) is 18.8 Å². The van der Waals surface area contributed by atoms with Crippen molar-refractivity contribution in [2.24, 2.45) is 11.8 Å². The Morgan fingerprint density at radius 2 is 1.70 bits per heavy atom. The van der Waals surface area contributed by atoms with Gasteiger partial charge in [0.25, 0.3) is 0 Å². The number of benzene rings is 2. The molecule has 136 valence electrons. The molecule has 3 N–H and O–H groups in total. The highest BCUT2D eigenvalue weighted by Gasteiger charge is 2.68. The molecule has 1 spiro atoms. The highest BCUT2D eigenvalue weighted by molar-refractivity contribution is 6.15. The number of hydrogen-bond acceptors (Lipinski definition) is 4. The van der Waals surface area contributed by atoms with Crippen LogP contribution in [-0.2, 0) is 26.3 Å².